The summed E-state index contributed by atoms with van der Waals surface area (Å²) in [6.45, 7) is 3.70. The van der Waals surface area contributed by atoms with E-state index in [0.717, 1.165) is 12.3 Å². The van der Waals surface area contributed by atoms with E-state index in [-0.39, 0.29) is 17.9 Å². The van der Waals surface area contributed by atoms with E-state index < -0.39 is 24.5 Å². The van der Waals surface area contributed by atoms with Gasteiger partial charge in [0.2, 0.25) is 0 Å². The molecular formula is C10H12BF3N2O2. The van der Waals surface area contributed by atoms with Gasteiger partial charge in [0.05, 0.1) is 17.8 Å². The van der Waals surface area contributed by atoms with E-state index >= 15 is 0 Å². The van der Waals surface area contributed by atoms with Crippen LogP contribution in [0.25, 0.3) is 0 Å². The molecule has 4 nitrogen and oxygen atoms in total. The molecule has 0 aliphatic carbocycles. The van der Waals surface area contributed by atoms with Crippen LogP contribution in [0.3, 0.4) is 0 Å². The summed E-state index contributed by atoms with van der Waals surface area (Å²) in [5.41, 5.74) is 3.64. The number of aromatic nitrogens is 1. The highest BCUT2D eigenvalue weighted by atomic mass is 19.4. The highest BCUT2D eigenvalue weighted by Crippen LogP contribution is 2.30. The summed E-state index contributed by atoms with van der Waals surface area (Å²) >= 11 is 0. The first kappa shape index (κ1) is 13.2. The first-order valence-electron chi connectivity index (χ1n) is 5.31. The Labute approximate surface area is 102 Å². The van der Waals surface area contributed by atoms with Gasteiger partial charge in [0, 0.05) is 11.7 Å². The van der Waals surface area contributed by atoms with Crippen LogP contribution in [-0.2, 0) is 15.5 Å². The van der Waals surface area contributed by atoms with Crippen LogP contribution in [0.2, 0.25) is 0 Å². The number of hydrogen-bond acceptors (Lipinski definition) is 4. The number of pyridine rings is 1. The molecule has 18 heavy (non-hydrogen) atoms. The summed E-state index contributed by atoms with van der Waals surface area (Å²) in [6.07, 6.45) is -3.48. The molecule has 0 unspecified atom stereocenters. The predicted molar refractivity (Wildman–Crippen MR) is 60.2 cm³/mol. The fourth-order valence-electron chi connectivity index (χ4n) is 1.70. The maximum Gasteiger partial charge on any atom is 0.496 e. The number of anilines is 1. The molecule has 8 heteroatoms. The second kappa shape index (κ2) is 4.13. The summed E-state index contributed by atoms with van der Waals surface area (Å²) in [4.78, 5) is 3.66. The molecular weight excluding hydrogens is 248 g/mol. The number of rotatable bonds is 1. The molecule has 1 aromatic heterocycles. The van der Waals surface area contributed by atoms with Gasteiger partial charge >= 0.3 is 13.3 Å². The molecule has 1 aliphatic rings. The van der Waals surface area contributed by atoms with Crippen molar-refractivity contribution in [1.29, 1.82) is 0 Å². The maximum absolute atomic E-state index is 12.9. The number of halogens is 3. The van der Waals surface area contributed by atoms with Gasteiger partial charge < -0.3 is 15.0 Å². The fraction of sp³-hybridized carbons (Fsp3) is 0.500. The van der Waals surface area contributed by atoms with Crippen molar-refractivity contribution in [2.24, 2.45) is 0 Å². The number of hydrogen-bond donors (Lipinski definition) is 1. The summed E-state index contributed by atoms with van der Waals surface area (Å²) < 4.78 is 49.3. The van der Waals surface area contributed by atoms with Crippen molar-refractivity contribution in [3.05, 3.63) is 17.8 Å². The van der Waals surface area contributed by atoms with Crippen molar-refractivity contribution in [3.8, 4) is 0 Å². The van der Waals surface area contributed by atoms with Crippen molar-refractivity contribution in [1.82, 2.24) is 4.98 Å². The van der Waals surface area contributed by atoms with Crippen LogP contribution >= 0.6 is 0 Å². The Morgan fingerprint density at radius 2 is 2.11 bits per heavy atom. The Morgan fingerprint density at radius 1 is 1.44 bits per heavy atom. The predicted octanol–water partition coefficient (Wildman–Crippen LogP) is 1.20. The summed E-state index contributed by atoms with van der Waals surface area (Å²) in [5, 5.41) is 0. The molecule has 0 amide bonds. The molecule has 2 heterocycles. The molecule has 0 saturated carbocycles. The lowest BCUT2D eigenvalue weighted by Gasteiger charge is -2.17. The fourth-order valence-corrected chi connectivity index (χ4v) is 1.70. The van der Waals surface area contributed by atoms with Gasteiger partial charge in [-0.3, -0.25) is 0 Å². The first-order chi connectivity index (χ1) is 8.19. The Balaban J connectivity index is 2.40. The van der Waals surface area contributed by atoms with Crippen molar-refractivity contribution < 1.29 is 22.5 Å². The van der Waals surface area contributed by atoms with Gasteiger partial charge in [0.25, 0.3) is 0 Å². The van der Waals surface area contributed by atoms with E-state index in [1.807, 2.05) is 0 Å². The lowest BCUT2D eigenvalue weighted by atomic mass is 9.77. The number of nitrogens with two attached hydrogens (primary N) is 1. The number of nitrogens with zero attached hydrogens (tertiary/aromatic N) is 1. The van der Waals surface area contributed by atoms with Gasteiger partial charge in [0.15, 0.2) is 0 Å². The van der Waals surface area contributed by atoms with Gasteiger partial charge in [0.1, 0.15) is 5.82 Å². The Kier molecular flexibility index (Phi) is 3.02. The molecule has 98 valence electrons. The molecule has 0 radical (unpaired) electrons. The minimum Gasteiger partial charge on any atom is -0.404 e. The van der Waals surface area contributed by atoms with Crippen molar-refractivity contribution in [2.75, 3.05) is 12.3 Å². The number of alkyl halides is 3. The zero-order valence-electron chi connectivity index (χ0n) is 9.91. The number of nitrogen functional groups attached to an aromatic ring is 1. The minimum absolute atomic E-state index is 0.151. The minimum atomic E-state index is -4.52. The Hall–Kier alpha value is -1.28. The molecule has 2 N–H and O–H groups in total. The van der Waals surface area contributed by atoms with Gasteiger partial charge in [-0.05, 0) is 19.9 Å². The van der Waals surface area contributed by atoms with E-state index in [2.05, 4.69) is 4.98 Å². The molecule has 0 atom stereocenters. The van der Waals surface area contributed by atoms with E-state index in [1.54, 1.807) is 13.8 Å². The highest BCUT2D eigenvalue weighted by Gasteiger charge is 2.44. The zero-order valence-corrected chi connectivity index (χ0v) is 9.91. The van der Waals surface area contributed by atoms with Crippen molar-refractivity contribution in [3.63, 3.8) is 0 Å². The molecule has 1 saturated heterocycles. The third kappa shape index (κ3) is 2.59. The Morgan fingerprint density at radius 3 is 2.61 bits per heavy atom. The SMILES string of the molecule is CC1(C)COB(c2cnc(N)cc2C(F)(F)F)O1. The zero-order chi connectivity index (χ0) is 13.6. The maximum atomic E-state index is 12.9. The molecule has 1 aromatic rings. The normalized spacial score (nSPS) is 19.3. The lowest BCUT2D eigenvalue weighted by Crippen LogP contribution is -2.39. The highest BCUT2D eigenvalue weighted by molar-refractivity contribution is 6.62. The van der Waals surface area contributed by atoms with Crippen LogP contribution in [0.15, 0.2) is 12.3 Å². The Bertz CT molecular complexity index is 465. The second-order valence-corrected chi connectivity index (χ2v) is 4.71. The van der Waals surface area contributed by atoms with Crippen LogP contribution in [0.4, 0.5) is 19.0 Å². The van der Waals surface area contributed by atoms with Crippen molar-refractivity contribution >= 4 is 18.4 Å². The van der Waals surface area contributed by atoms with E-state index in [9.17, 15) is 13.2 Å². The smallest absolute Gasteiger partial charge is 0.404 e. The quantitative estimate of drug-likeness (QED) is 0.771. The van der Waals surface area contributed by atoms with E-state index in [1.165, 1.54) is 0 Å². The van der Waals surface area contributed by atoms with E-state index in [0.29, 0.717) is 0 Å². The van der Waals surface area contributed by atoms with Crippen LogP contribution in [0.5, 0.6) is 0 Å². The van der Waals surface area contributed by atoms with Gasteiger partial charge in [-0.15, -0.1) is 0 Å². The van der Waals surface area contributed by atoms with Crippen molar-refractivity contribution in [2.45, 2.75) is 25.6 Å². The third-order valence-corrected chi connectivity index (χ3v) is 2.52. The van der Waals surface area contributed by atoms with Crippen LogP contribution in [-0.4, -0.2) is 24.3 Å². The average molecular weight is 260 g/mol. The first-order valence-corrected chi connectivity index (χ1v) is 5.31. The van der Waals surface area contributed by atoms with Crippen LogP contribution in [0, 0.1) is 0 Å². The molecule has 2 rings (SSSR count). The molecule has 0 spiro atoms. The van der Waals surface area contributed by atoms with Crippen LogP contribution < -0.4 is 11.2 Å². The third-order valence-electron chi connectivity index (χ3n) is 2.52. The molecule has 1 fully saturated rings. The van der Waals surface area contributed by atoms with Gasteiger partial charge in [-0.25, -0.2) is 4.98 Å². The molecule has 0 bridgehead atoms. The lowest BCUT2D eigenvalue weighted by molar-refractivity contribution is -0.136. The molecule has 1 aliphatic heterocycles. The average Bonchev–Trinajstić information content (AvgIpc) is 2.57. The monoisotopic (exact) mass is 260 g/mol. The van der Waals surface area contributed by atoms with E-state index in [4.69, 9.17) is 15.0 Å². The summed E-state index contributed by atoms with van der Waals surface area (Å²) in [5.74, 6) is -0.191. The summed E-state index contributed by atoms with van der Waals surface area (Å²) in [6, 6.07) is 0.785. The topological polar surface area (TPSA) is 57.4 Å². The van der Waals surface area contributed by atoms with Gasteiger partial charge in [-0.1, -0.05) is 0 Å². The summed E-state index contributed by atoms with van der Waals surface area (Å²) in [7, 11) is -1.07. The largest absolute Gasteiger partial charge is 0.496 e. The molecule has 0 aromatic carbocycles. The van der Waals surface area contributed by atoms with Crippen LogP contribution in [0.1, 0.15) is 19.4 Å². The second-order valence-electron chi connectivity index (χ2n) is 4.71. The van der Waals surface area contributed by atoms with Gasteiger partial charge in [-0.2, -0.15) is 13.2 Å². The standard InChI is InChI=1S/C10H12BF3N2O2/c1-9(2)5-17-11(18-9)7-4-16-8(15)3-6(7)10(12,13)14/h3-4H,5H2,1-2H3,(H2,15,16).